The Morgan fingerprint density at radius 3 is 2.25 bits per heavy atom. The summed E-state index contributed by atoms with van der Waals surface area (Å²) < 4.78 is 4.67. The van der Waals surface area contributed by atoms with Crippen molar-refractivity contribution in [2.75, 3.05) is 39.0 Å². The van der Waals surface area contributed by atoms with E-state index in [2.05, 4.69) is 4.74 Å². The number of hydrogen-bond donors (Lipinski definition) is 1. The van der Waals surface area contributed by atoms with E-state index in [9.17, 15) is 9.59 Å². The van der Waals surface area contributed by atoms with Crippen LogP contribution in [0.25, 0.3) is 0 Å². The number of nitrogens with two attached hydrogens (primary N) is 1. The van der Waals surface area contributed by atoms with Crippen LogP contribution >= 0.6 is 0 Å². The Hall–Kier alpha value is -2.24. The molecule has 1 saturated heterocycles. The number of benzene rings is 1. The molecule has 1 aliphatic heterocycles. The summed E-state index contributed by atoms with van der Waals surface area (Å²) in [4.78, 5) is 27.1. The Kier molecular flexibility index (Phi) is 4.12. The van der Waals surface area contributed by atoms with E-state index < -0.39 is 0 Å². The molecule has 0 atom stereocenters. The molecule has 0 spiro atoms. The fraction of sp³-hybridized carbons (Fsp3) is 0.429. The molecule has 6 nitrogen and oxygen atoms in total. The highest BCUT2D eigenvalue weighted by atomic mass is 16.5. The van der Waals surface area contributed by atoms with Crippen LogP contribution in [0.4, 0.5) is 10.5 Å². The summed E-state index contributed by atoms with van der Waals surface area (Å²) >= 11 is 0. The minimum atomic E-state index is -0.350. The second-order valence-corrected chi connectivity index (χ2v) is 4.88. The Labute approximate surface area is 118 Å². The van der Waals surface area contributed by atoms with Gasteiger partial charge in [0.15, 0.2) is 0 Å². The molecule has 0 unspecified atom stereocenters. The quantitative estimate of drug-likeness (QED) is 0.780. The highest BCUT2D eigenvalue weighted by molar-refractivity contribution is 5.95. The van der Waals surface area contributed by atoms with Gasteiger partial charge in [-0.05, 0) is 30.7 Å². The summed E-state index contributed by atoms with van der Waals surface area (Å²) in [6, 6.07) is 5.33. The maximum Gasteiger partial charge on any atom is 0.409 e. The molecule has 108 valence electrons. The molecule has 2 N–H and O–H groups in total. The first-order valence-corrected chi connectivity index (χ1v) is 6.50. The predicted octanol–water partition coefficient (Wildman–Crippen LogP) is 1.10. The molecule has 20 heavy (non-hydrogen) atoms. The fourth-order valence-electron chi connectivity index (χ4n) is 2.34. The zero-order valence-electron chi connectivity index (χ0n) is 11.8. The number of carbonyl (C=O) groups is 2. The fourth-order valence-corrected chi connectivity index (χ4v) is 2.34. The van der Waals surface area contributed by atoms with E-state index in [1.54, 1.807) is 15.9 Å². The minimum absolute atomic E-state index is 0.0510. The maximum atomic E-state index is 12.4. The van der Waals surface area contributed by atoms with Crippen LogP contribution in [-0.2, 0) is 4.74 Å². The van der Waals surface area contributed by atoms with E-state index in [-0.39, 0.29) is 12.0 Å². The molecule has 6 heteroatoms. The van der Waals surface area contributed by atoms with Gasteiger partial charge in [-0.2, -0.15) is 0 Å². The van der Waals surface area contributed by atoms with Crippen molar-refractivity contribution in [3.05, 3.63) is 29.3 Å². The van der Waals surface area contributed by atoms with Crippen molar-refractivity contribution in [1.29, 1.82) is 0 Å². The highest BCUT2D eigenvalue weighted by Gasteiger charge is 2.25. The zero-order chi connectivity index (χ0) is 14.7. The van der Waals surface area contributed by atoms with E-state index in [4.69, 9.17) is 5.73 Å². The topological polar surface area (TPSA) is 75.9 Å². The molecule has 1 heterocycles. The monoisotopic (exact) mass is 277 g/mol. The normalized spacial score (nSPS) is 15.1. The molecule has 0 aliphatic carbocycles. The van der Waals surface area contributed by atoms with E-state index in [1.165, 1.54) is 7.11 Å². The van der Waals surface area contributed by atoms with Gasteiger partial charge >= 0.3 is 6.09 Å². The zero-order valence-corrected chi connectivity index (χ0v) is 11.8. The summed E-state index contributed by atoms with van der Waals surface area (Å²) in [5.41, 5.74) is 7.90. The summed E-state index contributed by atoms with van der Waals surface area (Å²) in [5.74, 6) is -0.0510. The van der Waals surface area contributed by atoms with E-state index in [0.29, 0.717) is 37.4 Å². The predicted molar refractivity (Wildman–Crippen MR) is 75.5 cm³/mol. The second kappa shape index (κ2) is 5.81. The van der Waals surface area contributed by atoms with E-state index in [0.717, 1.165) is 5.56 Å². The van der Waals surface area contributed by atoms with Gasteiger partial charge in [0.05, 0.1) is 7.11 Å². The summed E-state index contributed by atoms with van der Waals surface area (Å²) in [6.45, 7) is 3.88. The first-order chi connectivity index (χ1) is 9.51. The summed E-state index contributed by atoms with van der Waals surface area (Å²) in [7, 11) is 1.36. The van der Waals surface area contributed by atoms with Crippen LogP contribution in [-0.4, -0.2) is 55.1 Å². The lowest BCUT2D eigenvalue weighted by Crippen LogP contribution is -2.50. The van der Waals surface area contributed by atoms with Gasteiger partial charge in [-0.15, -0.1) is 0 Å². The number of carbonyl (C=O) groups excluding carboxylic acids is 2. The van der Waals surface area contributed by atoms with Gasteiger partial charge in [-0.3, -0.25) is 4.79 Å². The van der Waals surface area contributed by atoms with Gasteiger partial charge in [-0.1, -0.05) is 0 Å². The third-order valence-corrected chi connectivity index (χ3v) is 3.35. The number of methoxy groups -OCH3 is 1. The Bertz CT molecular complexity index is 502. The van der Waals surface area contributed by atoms with E-state index >= 15 is 0 Å². The number of rotatable bonds is 1. The number of anilines is 1. The molecule has 0 aromatic heterocycles. The third kappa shape index (κ3) is 3.01. The van der Waals surface area contributed by atoms with Gasteiger partial charge in [0.1, 0.15) is 0 Å². The number of nitrogen functional groups attached to an aromatic ring is 1. The van der Waals surface area contributed by atoms with Gasteiger partial charge in [-0.25, -0.2) is 4.79 Å². The molecule has 0 bridgehead atoms. The maximum absolute atomic E-state index is 12.4. The lowest BCUT2D eigenvalue weighted by Gasteiger charge is -2.33. The molecule has 0 radical (unpaired) electrons. The average Bonchev–Trinajstić information content (AvgIpc) is 2.45. The Morgan fingerprint density at radius 2 is 1.70 bits per heavy atom. The second-order valence-electron chi connectivity index (χ2n) is 4.88. The smallest absolute Gasteiger partial charge is 0.409 e. The molecule has 1 fully saturated rings. The Balaban J connectivity index is 2.03. The van der Waals surface area contributed by atoms with Crippen molar-refractivity contribution >= 4 is 17.7 Å². The SMILES string of the molecule is COC(=O)N1CCN(C(=O)c2cc(C)cc(N)c2)CC1. The van der Waals surface area contributed by atoms with Gasteiger partial charge in [0.2, 0.25) is 0 Å². The summed E-state index contributed by atoms with van der Waals surface area (Å²) in [5, 5.41) is 0. The molecular formula is C14H19N3O3. The number of aryl methyl sites for hydroxylation is 1. The largest absolute Gasteiger partial charge is 0.453 e. The van der Waals surface area contributed by atoms with Crippen LogP contribution < -0.4 is 5.73 Å². The average molecular weight is 277 g/mol. The lowest BCUT2D eigenvalue weighted by molar-refractivity contribution is 0.0599. The summed E-state index contributed by atoms with van der Waals surface area (Å²) in [6.07, 6.45) is -0.350. The lowest BCUT2D eigenvalue weighted by atomic mass is 10.1. The third-order valence-electron chi connectivity index (χ3n) is 3.35. The van der Waals surface area contributed by atoms with Gasteiger partial charge in [0, 0.05) is 37.4 Å². The van der Waals surface area contributed by atoms with Crippen LogP contribution in [0.1, 0.15) is 15.9 Å². The number of hydrogen-bond acceptors (Lipinski definition) is 4. The van der Waals surface area contributed by atoms with Gasteiger partial charge < -0.3 is 20.3 Å². The Morgan fingerprint density at radius 1 is 1.10 bits per heavy atom. The molecule has 1 aliphatic rings. The molecule has 1 aromatic rings. The van der Waals surface area contributed by atoms with Crippen molar-refractivity contribution in [3.8, 4) is 0 Å². The first-order valence-electron chi connectivity index (χ1n) is 6.50. The molecule has 0 saturated carbocycles. The standard InChI is InChI=1S/C14H19N3O3/c1-10-7-11(9-12(15)8-10)13(18)16-3-5-17(6-4-16)14(19)20-2/h7-9H,3-6,15H2,1-2H3. The number of nitrogens with zero attached hydrogens (tertiary/aromatic N) is 2. The van der Waals surface area contributed by atoms with Crippen LogP contribution in [0.3, 0.4) is 0 Å². The number of piperazine rings is 1. The van der Waals surface area contributed by atoms with Gasteiger partial charge in [0.25, 0.3) is 5.91 Å². The van der Waals surface area contributed by atoms with Crippen molar-refractivity contribution in [2.45, 2.75) is 6.92 Å². The minimum Gasteiger partial charge on any atom is -0.453 e. The van der Waals surface area contributed by atoms with Crippen molar-refractivity contribution in [2.24, 2.45) is 0 Å². The van der Waals surface area contributed by atoms with Crippen molar-refractivity contribution < 1.29 is 14.3 Å². The first kappa shape index (κ1) is 14.2. The number of ether oxygens (including phenoxy) is 1. The highest BCUT2D eigenvalue weighted by Crippen LogP contribution is 2.15. The molecule has 2 rings (SSSR count). The molecule has 1 aromatic carbocycles. The van der Waals surface area contributed by atoms with Crippen LogP contribution in [0.5, 0.6) is 0 Å². The van der Waals surface area contributed by atoms with Crippen LogP contribution in [0.2, 0.25) is 0 Å². The van der Waals surface area contributed by atoms with Crippen molar-refractivity contribution in [3.63, 3.8) is 0 Å². The molecule has 2 amide bonds. The van der Waals surface area contributed by atoms with Crippen molar-refractivity contribution in [1.82, 2.24) is 9.80 Å². The van der Waals surface area contributed by atoms with Crippen LogP contribution in [0, 0.1) is 6.92 Å². The van der Waals surface area contributed by atoms with Crippen LogP contribution in [0.15, 0.2) is 18.2 Å². The number of amides is 2. The van der Waals surface area contributed by atoms with E-state index in [1.807, 2.05) is 19.1 Å². The molecular weight excluding hydrogens is 258 g/mol.